The molecule has 0 bridgehead atoms. The maximum Gasteiger partial charge on any atom is 0.416 e. The number of aryl methyl sites for hydroxylation is 1. The van der Waals surface area contributed by atoms with Gasteiger partial charge in [0.15, 0.2) is 0 Å². The molecule has 1 N–H and O–H groups in total. The highest BCUT2D eigenvalue weighted by molar-refractivity contribution is 5.92. The first-order chi connectivity index (χ1) is 10.2. The second-order valence-corrected chi connectivity index (χ2v) is 4.59. The summed E-state index contributed by atoms with van der Waals surface area (Å²) in [6.45, 7) is 1.53. The summed E-state index contributed by atoms with van der Waals surface area (Å²) in [5, 5.41) is 9.12. The van der Waals surface area contributed by atoms with Crippen LogP contribution in [-0.4, -0.2) is 23.2 Å². The summed E-state index contributed by atoms with van der Waals surface area (Å²) in [5.41, 5.74) is -0.116. The predicted molar refractivity (Wildman–Crippen MR) is 72.9 cm³/mol. The van der Waals surface area contributed by atoms with E-state index < -0.39 is 17.7 Å². The number of alkyl halides is 3. The third kappa shape index (κ3) is 3.03. The van der Waals surface area contributed by atoms with E-state index in [-0.39, 0.29) is 22.7 Å². The Balaban J connectivity index is 2.59. The fraction of sp³-hybridized carbons (Fsp3) is 0.200. The quantitative estimate of drug-likeness (QED) is 0.937. The van der Waals surface area contributed by atoms with Crippen LogP contribution < -0.4 is 4.74 Å². The van der Waals surface area contributed by atoms with Crippen LogP contribution in [0.2, 0.25) is 0 Å². The highest BCUT2D eigenvalue weighted by Gasteiger charge is 2.30. The van der Waals surface area contributed by atoms with Crippen LogP contribution in [0.5, 0.6) is 5.88 Å². The number of carbonyl (C=O) groups is 1. The van der Waals surface area contributed by atoms with E-state index in [0.717, 1.165) is 12.1 Å². The Hall–Kier alpha value is -2.57. The minimum absolute atomic E-state index is 0.113. The zero-order valence-corrected chi connectivity index (χ0v) is 11.7. The number of aromatic nitrogens is 1. The summed E-state index contributed by atoms with van der Waals surface area (Å²) >= 11 is 0. The van der Waals surface area contributed by atoms with Crippen molar-refractivity contribution in [3.05, 3.63) is 47.0 Å². The lowest BCUT2D eigenvalue weighted by atomic mass is 10.0. The molecular weight excluding hydrogens is 299 g/mol. The molecule has 0 atom stereocenters. The third-order valence-electron chi connectivity index (χ3n) is 3.08. The number of hydrogen-bond acceptors (Lipinski definition) is 3. The highest BCUT2D eigenvalue weighted by Crippen LogP contribution is 2.33. The minimum Gasteiger partial charge on any atom is -0.480 e. The number of methoxy groups -OCH3 is 1. The van der Waals surface area contributed by atoms with E-state index in [9.17, 15) is 18.0 Å². The van der Waals surface area contributed by atoms with Crippen LogP contribution in [0.4, 0.5) is 13.2 Å². The summed E-state index contributed by atoms with van der Waals surface area (Å²) in [7, 11) is 1.25. The normalized spacial score (nSPS) is 11.3. The van der Waals surface area contributed by atoms with E-state index in [1.807, 2.05) is 0 Å². The molecule has 0 fully saturated rings. The second-order valence-electron chi connectivity index (χ2n) is 4.59. The summed E-state index contributed by atoms with van der Waals surface area (Å²) < 4.78 is 43.2. The van der Waals surface area contributed by atoms with Crippen LogP contribution in [-0.2, 0) is 6.18 Å². The van der Waals surface area contributed by atoms with E-state index in [0.29, 0.717) is 5.56 Å². The van der Waals surface area contributed by atoms with Crippen LogP contribution in [0.25, 0.3) is 11.3 Å². The van der Waals surface area contributed by atoms with Gasteiger partial charge in [-0.3, -0.25) is 0 Å². The average Bonchev–Trinajstić information content (AvgIpc) is 2.45. The van der Waals surface area contributed by atoms with E-state index >= 15 is 0 Å². The van der Waals surface area contributed by atoms with Crippen LogP contribution >= 0.6 is 0 Å². The van der Waals surface area contributed by atoms with Gasteiger partial charge in [0.25, 0.3) is 0 Å². The number of carboxylic acid groups (broad SMARTS) is 1. The molecule has 0 unspecified atom stereocenters. The molecular formula is C15H12F3NO3. The van der Waals surface area contributed by atoms with Gasteiger partial charge in [0.2, 0.25) is 5.88 Å². The molecule has 1 aromatic carbocycles. The summed E-state index contributed by atoms with van der Waals surface area (Å²) in [5.74, 6) is -1.35. The van der Waals surface area contributed by atoms with Crippen LogP contribution in [0.1, 0.15) is 21.5 Å². The molecule has 7 heteroatoms. The van der Waals surface area contributed by atoms with Gasteiger partial charge in [0, 0.05) is 5.56 Å². The van der Waals surface area contributed by atoms with Gasteiger partial charge in [0.05, 0.1) is 18.4 Å². The lowest BCUT2D eigenvalue weighted by Gasteiger charge is -2.12. The van der Waals surface area contributed by atoms with Gasteiger partial charge in [0.1, 0.15) is 5.56 Å². The number of hydrogen-bond donors (Lipinski definition) is 1. The van der Waals surface area contributed by atoms with Gasteiger partial charge in [-0.25, -0.2) is 9.78 Å². The smallest absolute Gasteiger partial charge is 0.416 e. The minimum atomic E-state index is -4.46. The van der Waals surface area contributed by atoms with Gasteiger partial charge in [-0.05, 0) is 30.7 Å². The zero-order valence-electron chi connectivity index (χ0n) is 11.7. The predicted octanol–water partition coefficient (Wildman–Crippen LogP) is 3.78. The number of benzene rings is 1. The first-order valence-corrected chi connectivity index (χ1v) is 6.20. The Morgan fingerprint density at radius 3 is 2.50 bits per heavy atom. The monoisotopic (exact) mass is 311 g/mol. The standard InChI is InChI=1S/C15H12F3NO3/c1-8-6-11(19-13(22-2)12(8)14(20)21)9-4-3-5-10(7-9)15(16,17)18/h3-7H,1-2H3,(H,20,21). The number of rotatable bonds is 3. The second kappa shape index (κ2) is 5.67. The number of ether oxygens (including phenoxy) is 1. The number of pyridine rings is 1. The molecule has 1 heterocycles. The van der Waals surface area contributed by atoms with Gasteiger partial charge in [-0.1, -0.05) is 12.1 Å². The van der Waals surface area contributed by atoms with Crippen molar-refractivity contribution in [1.29, 1.82) is 0 Å². The molecule has 0 spiro atoms. The summed E-state index contributed by atoms with van der Waals surface area (Å²) in [6, 6.07) is 6.08. The molecule has 4 nitrogen and oxygen atoms in total. The van der Waals surface area contributed by atoms with Crippen LogP contribution in [0.15, 0.2) is 30.3 Å². The highest BCUT2D eigenvalue weighted by atomic mass is 19.4. The average molecular weight is 311 g/mol. The lowest BCUT2D eigenvalue weighted by molar-refractivity contribution is -0.137. The molecule has 1 aromatic heterocycles. The third-order valence-corrected chi connectivity index (χ3v) is 3.08. The van der Waals surface area contributed by atoms with Gasteiger partial charge >= 0.3 is 12.1 Å². The number of aromatic carboxylic acids is 1. The first kappa shape index (κ1) is 15.8. The molecule has 0 aliphatic carbocycles. The van der Waals surface area contributed by atoms with Gasteiger partial charge < -0.3 is 9.84 Å². The molecule has 116 valence electrons. The van der Waals surface area contributed by atoms with Crippen molar-refractivity contribution in [3.63, 3.8) is 0 Å². The van der Waals surface area contributed by atoms with Gasteiger partial charge in [-0.15, -0.1) is 0 Å². The van der Waals surface area contributed by atoms with Crippen molar-refractivity contribution < 1.29 is 27.8 Å². The van der Waals surface area contributed by atoms with Crippen molar-refractivity contribution in [3.8, 4) is 17.1 Å². The fourth-order valence-electron chi connectivity index (χ4n) is 2.05. The first-order valence-electron chi connectivity index (χ1n) is 6.20. The van der Waals surface area contributed by atoms with E-state index in [4.69, 9.17) is 9.84 Å². The number of carboxylic acids is 1. The maximum absolute atomic E-state index is 12.8. The number of nitrogens with zero attached hydrogens (tertiary/aromatic N) is 1. The maximum atomic E-state index is 12.8. The van der Waals surface area contributed by atoms with Crippen molar-refractivity contribution >= 4 is 5.97 Å². The summed E-state index contributed by atoms with van der Waals surface area (Å²) in [4.78, 5) is 15.2. The largest absolute Gasteiger partial charge is 0.480 e. The zero-order chi connectivity index (χ0) is 16.5. The SMILES string of the molecule is COc1nc(-c2cccc(C(F)(F)F)c2)cc(C)c1C(=O)O. The molecule has 0 saturated heterocycles. The van der Waals surface area contributed by atoms with Gasteiger partial charge in [-0.2, -0.15) is 13.2 Å². The lowest BCUT2D eigenvalue weighted by Crippen LogP contribution is -2.07. The molecule has 0 amide bonds. The van der Waals surface area contributed by atoms with Crippen molar-refractivity contribution in [2.45, 2.75) is 13.1 Å². The Morgan fingerprint density at radius 2 is 1.95 bits per heavy atom. The van der Waals surface area contributed by atoms with E-state index in [1.165, 1.54) is 32.2 Å². The van der Waals surface area contributed by atoms with Crippen molar-refractivity contribution in [1.82, 2.24) is 4.98 Å². The molecule has 2 aromatic rings. The fourth-order valence-corrected chi connectivity index (χ4v) is 2.05. The van der Waals surface area contributed by atoms with E-state index in [2.05, 4.69) is 4.98 Å². The van der Waals surface area contributed by atoms with Crippen molar-refractivity contribution in [2.24, 2.45) is 0 Å². The molecule has 22 heavy (non-hydrogen) atoms. The van der Waals surface area contributed by atoms with Crippen LogP contribution in [0, 0.1) is 6.92 Å². The molecule has 0 saturated carbocycles. The Kier molecular flexibility index (Phi) is 4.07. The Bertz CT molecular complexity index is 726. The van der Waals surface area contributed by atoms with Crippen molar-refractivity contribution in [2.75, 3.05) is 7.11 Å². The molecule has 0 aliphatic heterocycles. The molecule has 0 radical (unpaired) electrons. The Labute approximate surface area is 124 Å². The van der Waals surface area contributed by atoms with E-state index in [1.54, 1.807) is 0 Å². The number of halogens is 3. The molecule has 0 aliphatic rings. The molecule has 2 rings (SSSR count). The summed E-state index contributed by atoms with van der Waals surface area (Å²) in [6.07, 6.45) is -4.46. The Morgan fingerprint density at radius 1 is 1.27 bits per heavy atom. The van der Waals surface area contributed by atoms with Crippen LogP contribution in [0.3, 0.4) is 0 Å². The topological polar surface area (TPSA) is 59.4 Å².